The molecule has 0 amide bonds. The minimum Gasteiger partial charge on any atom is -0.309 e. The molecule has 9 aromatic rings. The second-order valence-electron chi connectivity index (χ2n) is 17.2. The summed E-state index contributed by atoms with van der Waals surface area (Å²) in [5.41, 5.74) is 21.2. The second-order valence-corrected chi connectivity index (χ2v) is 17.2. The number of para-hydroxylation sites is 3. The van der Waals surface area contributed by atoms with E-state index >= 15 is 0 Å². The van der Waals surface area contributed by atoms with Crippen molar-refractivity contribution >= 4 is 27.8 Å². The molecule has 0 N–H and O–H groups in total. The van der Waals surface area contributed by atoms with Crippen molar-refractivity contribution in [3.8, 4) is 55.6 Å². The van der Waals surface area contributed by atoms with Crippen LogP contribution in [0, 0.1) is 0 Å². The molecule has 59 heavy (non-hydrogen) atoms. The maximum absolute atomic E-state index is 2.53. The van der Waals surface area contributed by atoms with Crippen molar-refractivity contribution in [3.63, 3.8) is 0 Å². The van der Waals surface area contributed by atoms with Crippen molar-refractivity contribution in [2.24, 2.45) is 0 Å². The lowest BCUT2D eigenvalue weighted by molar-refractivity contribution is 0.660. The lowest BCUT2D eigenvalue weighted by Gasteiger charge is -2.32. The van der Waals surface area contributed by atoms with Crippen LogP contribution < -0.4 is 4.90 Å². The number of hydrogen-bond acceptors (Lipinski definition) is 1. The normalized spacial score (nSPS) is 14.0. The van der Waals surface area contributed by atoms with E-state index in [2.05, 4.69) is 233 Å². The SMILES string of the molecule is CC1(C)c2ccccc2-c2cc(-c3ccccc3N(c3ccccc3-c3ccccc3)c3ccccc3-c3cccc4c3-c3ccc5ccccc5c3C4(C)C)ccc21. The quantitative estimate of drug-likeness (QED) is 0.163. The van der Waals surface area contributed by atoms with Crippen molar-refractivity contribution in [1.82, 2.24) is 0 Å². The maximum atomic E-state index is 2.53. The first-order valence-corrected chi connectivity index (χ1v) is 20.9. The fourth-order valence-corrected chi connectivity index (χ4v) is 10.5. The van der Waals surface area contributed by atoms with Gasteiger partial charge in [-0.05, 0) is 96.2 Å². The van der Waals surface area contributed by atoms with Crippen molar-refractivity contribution in [1.29, 1.82) is 0 Å². The first-order chi connectivity index (χ1) is 28.8. The zero-order chi connectivity index (χ0) is 39.9. The molecule has 2 aliphatic carbocycles. The summed E-state index contributed by atoms with van der Waals surface area (Å²) in [7, 11) is 0. The van der Waals surface area contributed by atoms with Gasteiger partial charge in [-0.25, -0.2) is 0 Å². The summed E-state index contributed by atoms with van der Waals surface area (Å²) in [6, 6.07) is 74.3. The molecule has 282 valence electrons. The predicted molar refractivity (Wildman–Crippen MR) is 250 cm³/mol. The van der Waals surface area contributed by atoms with Gasteiger partial charge in [0.05, 0.1) is 17.1 Å². The molecule has 0 saturated carbocycles. The smallest absolute Gasteiger partial charge is 0.0540 e. The van der Waals surface area contributed by atoms with E-state index in [1.54, 1.807) is 0 Å². The zero-order valence-electron chi connectivity index (χ0n) is 34.0. The van der Waals surface area contributed by atoms with Gasteiger partial charge >= 0.3 is 0 Å². The molecule has 0 fully saturated rings. The molecule has 0 saturated heterocycles. The summed E-state index contributed by atoms with van der Waals surface area (Å²) < 4.78 is 0. The molecule has 9 aromatic carbocycles. The van der Waals surface area contributed by atoms with Crippen LogP contribution in [0.2, 0.25) is 0 Å². The number of anilines is 3. The van der Waals surface area contributed by atoms with E-state index in [1.165, 1.54) is 88.7 Å². The van der Waals surface area contributed by atoms with E-state index < -0.39 is 0 Å². The van der Waals surface area contributed by atoms with Gasteiger partial charge in [0.25, 0.3) is 0 Å². The highest BCUT2D eigenvalue weighted by atomic mass is 15.1. The van der Waals surface area contributed by atoms with Crippen molar-refractivity contribution in [2.75, 3.05) is 4.90 Å². The van der Waals surface area contributed by atoms with Gasteiger partial charge in [0.15, 0.2) is 0 Å². The van der Waals surface area contributed by atoms with Crippen molar-refractivity contribution < 1.29 is 0 Å². The molecule has 0 spiro atoms. The number of rotatable bonds is 6. The molecule has 1 nitrogen and oxygen atoms in total. The molecule has 0 aliphatic heterocycles. The zero-order valence-corrected chi connectivity index (χ0v) is 34.0. The fraction of sp³-hybridized carbons (Fsp3) is 0.103. The highest BCUT2D eigenvalue weighted by molar-refractivity contribution is 6.05. The number of benzene rings is 9. The Morgan fingerprint density at radius 2 is 0.864 bits per heavy atom. The molecule has 0 unspecified atom stereocenters. The van der Waals surface area contributed by atoms with E-state index in [0.717, 1.165) is 17.1 Å². The Bertz CT molecular complexity index is 3110. The van der Waals surface area contributed by atoms with Crippen LogP contribution in [-0.2, 0) is 10.8 Å². The van der Waals surface area contributed by atoms with Crippen LogP contribution in [0.3, 0.4) is 0 Å². The largest absolute Gasteiger partial charge is 0.309 e. The van der Waals surface area contributed by atoms with Gasteiger partial charge in [-0.2, -0.15) is 0 Å². The third-order valence-electron chi connectivity index (χ3n) is 13.3. The highest BCUT2D eigenvalue weighted by Crippen LogP contribution is 2.57. The van der Waals surface area contributed by atoms with Crippen LogP contribution in [0.25, 0.3) is 66.4 Å². The van der Waals surface area contributed by atoms with Gasteiger partial charge in [0.2, 0.25) is 0 Å². The Morgan fingerprint density at radius 3 is 1.61 bits per heavy atom. The monoisotopic (exact) mass is 755 g/mol. The summed E-state index contributed by atoms with van der Waals surface area (Å²) in [6.07, 6.45) is 0. The topological polar surface area (TPSA) is 3.24 Å². The van der Waals surface area contributed by atoms with Crippen LogP contribution in [0.15, 0.2) is 200 Å². The Morgan fingerprint density at radius 1 is 0.322 bits per heavy atom. The van der Waals surface area contributed by atoms with Crippen LogP contribution in [0.1, 0.15) is 49.9 Å². The fourth-order valence-electron chi connectivity index (χ4n) is 10.5. The third-order valence-corrected chi connectivity index (χ3v) is 13.3. The molecule has 0 radical (unpaired) electrons. The summed E-state index contributed by atoms with van der Waals surface area (Å²) in [5, 5.41) is 2.62. The van der Waals surface area contributed by atoms with E-state index in [0.29, 0.717) is 0 Å². The van der Waals surface area contributed by atoms with E-state index in [9.17, 15) is 0 Å². The van der Waals surface area contributed by atoms with Gasteiger partial charge in [-0.1, -0.05) is 204 Å². The Hall–Kier alpha value is -6.96. The maximum Gasteiger partial charge on any atom is 0.0540 e. The van der Waals surface area contributed by atoms with E-state index in [-0.39, 0.29) is 10.8 Å². The van der Waals surface area contributed by atoms with Crippen molar-refractivity contribution in [3.05, 3.63) is 222 Å². The Balaban J connectivity index is 1.17. The number of nitrogens with zero attached hydrogens (tertiary/aromatic N) is 1. The molecule has 0 heterocycles. The Kier molecular flexibility index (Phi) is 7.94. The molecule has 0 bridgehead atoms. The average molecular weight is 756 g/mol. The molecule has 2 aliphatic rings. The number of fused-ring (bicyclic) bond motifs is 8. The first-order valence-electron chi connectivity index (χ1n) is 20.9. The Labute approximate surface area is 347 Å². The van der Waals surface area contributed by atoms with Crippen LogP contribution >= 0.6 is 0 Å². The summed E-state index contributed by atoms with van der Waals surface area (Å²) >= 11 is 0. The molecular formula is C58H45N. The lowest BCUT2D eigenvalue weighted by atomic mass is 9.80. The predicted octanol–water partition coefficient (Wildman–Crippen LogP) is 15.9. The summed E-state index contributed by atoms with van der Waals surface area (Å²) in [5.74, 6) is 0. The van der Waals surface area contributed by atoms with Crippen LogP contribution in [0.4, 0.5) is 17.1 Å². The third kappa shape index (κ3) is 5.31. The summed E-state index contributed by atoms with van der Waals surface area (Å²) in [4.78, 5) is 2.53. The van der Waals surface area contributed by atoms with Gasteiger partial charge < -0.3 is 4.90 Å². The number of hydrogen-bond donors (Lipinski definition) is 0. The molecule has 11 rings (SSSR count). The lowest BCUT2D eigenvalue weighted by Crippen LogP contribution is -2.15. The van der Waals surface area contributed by atoms with Gasteiger partial charge in [-0.3, -0.25) is 0 Å². The van der Waals surface area contributed by atoms with Crippen LogP contribution in [-0.4, -0.2) is 0 Å². The average Bonchev–Trinajstić information content (AvgIpc) is 3.67. The molecule has 0 atom stereocenters. The standard InChI is InChI=1S/C58H45N/c1-57(2)49-28-14-10-25-44(49)48-37-40(34-36-50(48)57)42-23-12-16-31-53(42)59(52-30-15-11-22-41(52)38-19-6-5-7-20-38)54-32-17-13-26-45(54)46-27-18-29-51-55(46)47-35-33-39-21-8-9-24-43(39)56(47)58(51,3)4/h5-37H,1-4H3. The van der Waals surface area contributed by atoms with Crippen molar-refractivity contribution in [2.45, 2.75) is 38.5 Å². The minimum atomic E-state index is -0.163. The van der Waals surface area contributed by atoms with Gasteiger partial charge in [-0.15, -0.1) is 0 Å². The van der Waals surface area contributed by atoms with Gasteiger partial charge in [0, 0.05) is 27.5 Å². The first kappa shape index (κ1) is 35.2. The van der Waals surface area contributed by atoms with E-state index in [1.807, 2.05) is 0 Å². The minimum absolute atomic E-state index is 0.0566. The molecular weight excluding hydrogens is 711 g/mol. The summed E-state index contributed by atoms with van der Waals surface area (Å²) in [6.45, 7) is 9.50. The van der Waals surface area contributed by atoms with Gasteiger partial charge in [0.1, 0.15) is 0 Å². The second kappa shape index (κ2) is 13.3. The van der Waals surface area contributed by atoms with E-state index in [4.69, 9.17) is 0 Å². The molecule has 0 aromatic heterocycles. The van der Waals surface area contributed by atoms with Crippen LogP contribution in [0.5, 0.6) is 0 Å². The molecule has 1 heteroatoms. The highest BCUT2D eigenvalue weighted by Gasteiger charge is 2.39.